The molecule has 1 amide bonds. The average Bonchev–Trinajstić information content (AvgIpc) is 3.41. The van der Waals surface area contributed by atoms with Gasteiger partial charge in [-0.1, -0.05) is 0 Å². The number of hydrogen-bond donors (Lipinski definition) is 2. The lowest BCUT2D eigenvalue weighted by atomic mass is 10.1. The second-order valence-electron chi connectivity index (χ2n) is 7.60. The SMILES string of the molecule is Cc1cc(C(F)(F)F)nn1CC(=O)Nc1cnc(-n2cnc(C3CC(F)(F)CN3)c2)c(F)c1. The lowest BCUT2D eigenvalue weighted by Crippen LogP contribution is -2.21. The number of aromatic nitrogens is 5. The molecule has 1 fully saturated rings. The molecule has 0 aliphatic carbocycles. The zero-order chi connectivity index (χ0) is 24.0. The molecule has 0 bridgehead atoms. The molecule has 2 N–H and O–H groups in total. The summed E-state index contributed by atoms with van der Waals surface area (Å²) in [7, 11) is 0. The molecule has 33 heavy (non-hydrogen) atoms. The molecule has 1 aliphatic heterocycles. The van der Waals surface area contributed by atoms with Crippen LogP contribution < -0.4 is 10.6 Å². The fraction of sp³-hybridized carbons (Fsp3) is 0.368. The predicted molar refractivity (Wildman–Crippen MR) is 102 cm³/mol. The van der Waals surface area contributed by atoms with Crippen molar-refractivity contribution >= 4 is 11.6 Å². The third-order valence-electron chi connectivity index (χ3n) is 4.98. The average molecular weight is 473 g/mol. The summed E-state index contributed by atoms with van der Waals surface area (Å²) in [6, 6.07) is 1.11. The molecule has 1 saturated heterocycles. The maximum Gasteiger partial charge on any atom is 0.435 e. The summed E-state index contributed by atoms with van der Waals surface area (Å²) in [6.07, 6.45) is -1.31. The Morgan fingerprint density at radius 1 is 1.30 bits per heavy atom. The molecule has 8 nitrogen and oxygen atoms in total. The highest BCUT2D eigenvalue weighted by molar-refractivity contribution is 5.90. The summed E-state index contributed by atoms with van der Waals surface area (Å²) in [6.45, 7) is 0.378. The second-order valence-corrected chi connectivity index (χ2v) is 7.60. The maximum atomic E-state index is 14.6. The first-order valence-corrected chi connectivity index (χ1v) is 9.64. The summed E-state index contributed by atoms with van der Waals surface area (Å²) in [4.78, 5) is 20.1. The van der Waals surface area contributed by atoms with Gasteiger partial charge in [0.25, 0.3) is 5.92 Å². The van der Waals surface area contributed by atoms with Crippen molar-refractivity contribution in [3.8, 4) is 5.82 Å². The van der Waals surface area contributed by atoms with Crippen LogP contribution in [0.15, 0.2) is 30.9 Å². The van der Waals surface area contributed by atoms with Crippen LogP contribution in [0, 0.1) is 12.7 Å². The van der Waals surface area contributed by atoms with Crippen molar-refractivity contribution in [1.82, 2.24) is 29.6 Å². The fourth-order valence-electron chi connectivity index (χ4n) is 3.39. The number of amides is 1. The Morgan fingerprint density at radius 3 is 2.67 bits per heavy atom. The minimum atomic E-state index is -4.64. The van der Waals surface area contributed by atoms with Gasteiger partial charge in [-0.05, 0) is 13.0 Å². The monoisotopic (exact) mass is 473 g/mol. The van der Waals surface area contributed by atoms with Crippen molar-refractivity contribution in [3.05, 3.63) is 53.8 Å². The van der Waals surface area contributed by atoms with E-state index in [-0.39, 0.29) is 17.2 Å². The van der Waals surface area contributed by atoms with Gasteiger partial charge in [0, 0.05) is 24.4 Å². The highest BCUT2D eigenvalue weighted by Gasteiger charge is 2.40. The number of alkyl halides is 5. The van der Waals surface area contributed by atoms with Gasteiger partial charge in [0.1, 0.15) is 12.9 Å². The predicted octanol–water partition coefficient (Wildman–Crippen LogP) is 3.24. The Labute approximate surface area is 182 Å². The molecular formula is C19H17F6N7O. The molecule has 3 aromatic heterocycles. The Morgan fingerprint density at radius 2 is 2.06 bits per heavy atom. The number of imidazole rings is 1. The molecule has 14 heteroatoms. The molecule has 3 aromatic rings. The largest absolute Gasteiger partial charge is 0.435 e. The number of aryl methyl sites for hydroxylation is 1. The summed E-state index contributed by atoms with van der Waals surface area (Å²) in [5.41, 5.74) is -0.721. The van der Waals surface area contributed by atoms with Crippen LogP contribution >= 0.6 is 0 Å². The topological polar surface area (TPSA) is 89.7 Å². The van der Waals surface area contributed by atoms with Crippen LogP contribution in [0.5, 0.6) is 0 Å². The van der Waals surface area contributed by atoms with Gasteiger partial charge in [-0.2, -0.15) is 18.3 Å². The van der Waals surface area contributed by atoms with E-state index in [4.69, 9.17) is 0 Å². The molecule has 4 heterocycles. The maximum absolute atomic E-state index is 14.6. The molecule has 1 atom stereocenters. The quantitative estimate of drug-likeness (QED) is 0.556. The molecule has 4 rings (SSSR count). The number of hydrogen-bond acceptors (Lipinski definition) is 5. The number of halogens is 6. The summed E-state index contributed by atoms with van der Waals surface area (Å²) < 4.78 is 81.7. The molecule has 0 radical (unpaired) electrons. The van der Waals surface area contributed by atoms with Crippen LogP contribution in [0.4, 0.5) is 32.0 Å². The molecule has 0 spiro atoms. The summed E-state index contributed by atoms with van der Waals surface area (Å²) in [5, 5.41) is 8.35. The summed E-state index contributed by atoms with van der Waals surface area (Å²) in [5.74, 6) is -4.59. The third-order valence-corrected chi connectivity index (χ3v) is 4.98. The number of rotatable bonds is 5. The minimum Gasteiger partial charge on any atom is -0.323 e. The van der Waals surface area contributed by atoms with E-state index in [1.165, 1.54) is 24.0 Å². The van der Waals surface area contributed by atoms with Gasteiger partial charge >= 0.3 is 6.18 Å². The Bertz CT molecular complexity index is 1190. The van der Waals surface area contributed by atoms with Gasteiger partial charge in [-0.25, -0.2) is 23.1 Å². The molecule has 0 saturated carbocycles. The Kier molecular flexibility index (Phi) is 5.64. The first-order valence-electron chi connectivity index (χ1n) is 9.64. The number of pyridine rings is 1. The van der Waals surface area contributed by atoms with E-state index in [2.05, 4.69) is 25.7 Å². The summed E-state index contributed by atoms with van der Waals surface area (Å²) >= 11 is 0. The molecular weight excluding hydrogens is 456 g/mol. The third kappa shape index (κ3) is 4.99. The van der Waals surface area contributed by atoms with E-state index in [0.29, 0.717) is 5.69 Å². The molecule has 1 aliphatic rings. The van der Waals surface area contributed by atoms with Crippen molar-refractivity contribution in [1.29, 1.82) is 0 Å². The number of nitrogens with zero attached hydrogens (tertiary/aromatic N) is 5. The van der Waals surface area contributed by atoms with E-state index in [1.54, 1.807) is 0 Å². The van der Waals surface area contributed by atoms with E-state index < -0.39 is 55.1 Å². The van der Waals surface area contributed by atoms with E-state index in [1.807, 2.05) is 0 Å². The zero-order valence-corrected chi connectivity index (χ0v) is 17.0. The highest BCUT2D eigenvalue weighted by Crippen LogP contribution is 2.33. The lowest BCUT2D eigenvalue weighted by Gasteiger charge is -2.09. The van der Waals surface area contributed by atoms with E-state index in [9.17, 15) is 31.1 Å². The first-order chi connectivity index (χ1) is 15.4. The lowest BCUT2D eigenvalue weighted by molar-refractivity contribution is -0.141. The normalized spacial score (nSPS) is 18.0. The van der Waals surface area contributed by atoms with Gasteiger partial charge in [-0.15, -0.1) is 0 Å². The van der Waals surface area contributed by atoms with Gasteiger partial charge in [-0.3, -0.25) is 14.0 Å². The van der Waals surface area contributed by atoms with Gasteiger partial charge in [0.05, 0.1) is 30.2 Å². The zero-order valence-electron chi connectivity index (χ0n) is 17.0. The van der Waals surface area contributed by atoms with Crippen LogP contribution in [-0.2, 0) is 17.5 Å². The van der Waals surface area contributed by atoms with E-state index >= 15 is 0 Å². The second kappa shape index (κ2) is 8.17. The standard InChI is InChI=1S/C19H17F6N7O/c1-10-2-15(19(23,24)25)30-32(10)7-16(33)29-11-3-12(20)17(26-5-11)31-6-14(28-9-31)13-4-18(21,22)8-27-13/h2-3,5-6,9,13,27H,4,7-8H2,1H3,(H,29,33). The number of anilines is 1. The van der Waals surface area contributed by atoms with Crippen molar-refractivity contribution in [2.45, 2.75) is 38.0 Å². The van der Waals surface area contributed by atoms with Gasteiger partial charge < -0.3 is 10.6 Å². The van der Waals surface area contributed by atoms with Crippen LogP contribution in [0.2, 0.25) is 0 Å². The Hall–Kier alpha value is -3.42. The highest BCUT2D eigenvalue weighted by atomic mass is 19.4. The van der Waals surface area contributed by atoms with Crippen molar-refractivity contribution < 1.29 is 31.1 Å². The van der Waals surface area contributed by atoms with Crippen molar-refractivity contribution in [2.75, 3.05) is 11.9 Å². The van der Waals surface area contributed by atoms with Crippen LogP contribution in [0.3, 0.4) is 0 Å². The number of carbonyl (C=O) groups excluding carboxylic acids is 1. The van der Waals surface area contributed by atoms with Crippen LogP contribution in [0.25, 0.3) is 5.82 Å². The number of carbonyl (C=O) groups is 1. The number of nitrogens with one attached hydrogen (secondary N) is 2. The minimum absolute atomic E-state index is 0.0282. The first kappa shape index (κ1) is 22.8. The van der Waals surface area contributed by atoms with Crippen molar-refractivity contribution in [2.24, 2.45) is 0 Å². The van der Waals surface area contributed by atoms with Crippen LogP contribution in [-0.4, -0.2) is 42.7 Å². The Balaban J connectivity index is 1.43. The van der Waals surface area contributed by atoms with Crippen LogP contribution in [0.1, 0.15) is 29.5 Å². The molecule has 1 unspecified atom stereocenters. The molecule has 0 aromatic carbocycles. The van der Waals surface area contributed by atoms with Gasteiger partial charge in [0.15, 0.2) is 17.3 Å². The van der Waals surface area contributed by atoms with E-state index in [0.717, 1.165) is 23.0 Å². The van der Waals surface area contributed by atoms with Gasteiger partial charge in [0.2, 0.25) is 5.91 Å². The fourth-order valence-corrected chi connectivity index (χ4v) is 3.39. The van der Waals surface area contributed by atoms with Crippen molar-refractivity contribution in [3.63, 3.8) is 0 Å². The smallest absolute Gasteiger partial charge is 0.323 e. The molecule has 176 valence electrons.